The maximum atomic E-state index is 13.6. The minimum absolute atomic E-state index is 0.00650. The molecular weight excluding hydrogens is 572 g/mol. The summed E-state index contributed by atoms with van der Waals surface area (Å²) in [5.74, 6) is -3.87. The maximum Gasteiger partial charge on any atom is 0.317 e. The molecule has 3 aromatic rings. The summed E-state index contributed by atoms with van der Waals surface area (Å²) in [6, 6.07) is 16.1. The third-order valence-corrected chi connectivity index (χ3v) is 7.62. The highest BCUT2D eigenvalue weighted by atomic mass is 35.5. The average molecular weight is 600 g/mol. The zero-order chi connectivity index (χ0) is 29.7. The normalized spacial score (nSPS) is 13.4. The van der Waals surface area contributed by atoms with Gasteiger partial charge < -0.3 is 20.2 Å². The molecule has 0 bridgehead atoms. The van der Waals surface area contributed by atoms with Gasteiger partial charge in [0.05, 0.1) is 21.5 Å². The lowest BCUT2D eigenvalue weighted by atomic mass is 9.92. The Bertz CT molecular complexity index is 1480. The van der Waals surface area contributed by atoms with E-state index in [4.69, 9.17) is 23.2 Å². The van der Waals surface area contributed by atoms with E-state index >= 15 is 0 Å². The number of carboxylic acid groups (broad SMARTS) is 1. The fourth-order valence-corrected chi connectivity index (χ4v) is 5.48. The van der Waals surface area contributed by atoms with Crippen molar-refractivity contribution in [2.45, 2.75) is 25.9 Å². The van der Waals surface area contributed by atoms with Crippen LogP contribution in [0, 0.1) is 11.7 Å². The molecule has 0 saturated carbocycles. The summed E-state index contributed by atoms with van der Waals surface area (Å²) < 4.78 is 13.6. The molecule has 1 aliphatic rings. The number of ketones is 1. The van der Waals surface area contributed by atoms with E-state index in [1.54, 1.807) is 24.1 Å². The van der Waals surface area contributed by atoms with Gasteiger partial charge in [0.1, 0.15) is 5.82 Å². The van der Waals surface area contributed by atoms with Crippen LogP contribution in [0.1, 0.15) is 43.8 Å². The van der Waals surface area contributed by atoms with Gasteiger partial charge in [0.2, 0.25) is 0 Å². The van der Waals surface area contributed by atoms with E-state index in [1.807, 2.05) is 30.3 Å². The van der Waals surface area contributed by atoms with Crippen molar-refractivity contribution in [2.24, 2.45) is 5.92 Å². The summed E-state index contributed by atoms with van der Waals surface area (Å²) in [5, 5.41) is 12.2. The van der Waals surface area contributed by atoms with Crippen LogP contribution >= 0.6 is 23.2 Å². The molecular formula is C30H28Cl2FN3O5. The lowest BCUT2D eigenvalue weighted by molar-refractivity contribution is -0.141. The first-order valence-corrected chi connectivity index (χ1v) is 13.6. The van der Waals surface area contributed by atoms with Gasteiger partial charge in [-0.15, -0.1) is 0 Å². The Labute approximate surface area is 246 Å². The van der Waals surface area contributed by atoms with E-state index in [2.05, 4.69) is 5.32 Å². The molecule has 0 aromatic heterocycles. The van der Waals surface area contributed by atoms with Crippen molar-refractivity contribution in [1.29, 1.82) is 0 Å². The summed E-state index contributed by atoms with van der Waals surface area (Å²) in [6.07, 6.45) is -0.130. The molecule has 1 heterocycles. The number of benzene rings is 3. The Hall–Kier alpha value is -3.95. The molecule has 214 valence electrons. The van der Waals surface area contributed by atoms with Gasteiger partial charge >= 0.3 is 12.0 Å². The van der Waals surface area contributed by atoms with Crippen molar-refractivity contribution in [1.82, 2.24) is 15.1 Å². The van der Waals surface area contributed by atoms with Crippen LogP contribution in [0.4, 0.5) is 9.18 Å². The molecule has 4 rings (SSSR count). The molecule has 0 spiro atoms. The van der Waals surface area contributed by atoms with Crippen molar-refractivity contribution in [2.75, 3.05) is 20.1 Å². The van der Waals surface area contributed by atoms with E-state index < -0.39 is 35.9 Å². The average Bonchev–Trinajstić information content (AvgIpc) is 2.93. The third kappa shape index (κ3) is 7.23. The molecule has 3 aromatic carbocycles. The number of fused-ring (bicyclic) bond motifs is 1. The number of hydrogen-bond acceptors (Lipinski definition) is 4. The maximum absolute atomic E-state index is 13.6. The summed E-state index contributed by atoms with van der Waals surface area (Å²) in [5.41, 5.74) is 2.16. The van der Waals surface area contributed by atoms with E-state index in [9.17, 15) is 28.7 Å². The molecule has 1 unspecified atom stereocenters. The van der Waals surface area contributed by atoms with Crippen molar-refractivity contribution in [3.63, 3.8) is 0 Å². The number of carbonyl (C=O) groups excluding carboxylic acids is 3. The smallest absolute Gasteiger partial charge is 0.317 e. The number of hydrogen-bond donors (Lipinski definition) is 2. The van der Waals surface area contributed by atoms with Crippen molar-refractivity contribution in [3.8, 4) is 0 Å². The number of nitrogens with one attached hydrogen (secondary N) is 1. The molecule has 0 saturated heterocycles. The van der Waals surface area contributed by atoms with Crippen LogP contribution in [0.5, 0.6) is 0 Å². The number of Topliss-reactive ketones (excluding diaryl/α,β-unsaturated/α-hetero) is 1. The lowest BCUT2D eigenvalue weighted by Gasteiger charge is -2.30. The second kappa shape index (κ2) is 13.1. The third-order valence-electron chi connectivity index (χ3n) is 6.90. The van der Waals surface area contributed by atoms with Gasteiger partial charge in [0, 0.05) is 45.2 Å². The first-order valence-electron chi connectivity index (χ1n) is 12.9. The van der Waals surface area contributed by atoms with E-state index in [-0.39, 0.29) is 46.7 Å². The zero-order valence-corrected chi connectivity index (χ0v) is 23.7. The van der Waals surface area contributed by atoms with Crippen LogP contribution in [-0.2, 0) is 24.3 Å². The van der Waals surface area contributed by atoms with Gasteiger partial charge in [-0.3, -0.25) is 14.4 Å². The van der Waals surface area contributed by atoms with Gasteiger partial charge in [0.15, 0.2) is 5.78 Å². The Balaban J connectivity index is 1.44. The van der Waals surface area contributed by atoms with Crippen LogP contribution in [0.3, 0.4) is 0 Å². The van der Waals surface area contributed by atoms with Crippen LogP contribution in [0.25, 0.3) is 0 Å². The molecule has 0 radical (unpaired) electrons. The summed E-state index contributed by atoms with van der Waals surface area (Å²) >= 11 is 13.0. The minimum Gasteiger partial charge on any atom is -0.481 e. The van der Waals surface area contributed by atoms with Gasteiger partial charge in [-0.25, -0.2) is 9.18 Å². The van der Waals surface area contributed by atoms with Crippen LogP contribution in [0.2, 0.25) is 10.0 Å². The molecule has 11 heteroatoms. The highest BCUT2D eigenvalue weighted by Crippen LogP contribution is 2.36. The monoisotopic (exact) mass is 599 g/mol. The Kier molecular flexibility index (Phi) is 9.62. The van der Waals surface area contributed by atoms with Crippen LogP contribution < -0.4 is 5.32 Å². The summed E-state index contributed by atoms with van der Waals surface area (Å²) in [4.78, 5) is 53.8. The van der Waals surface area contributed by atoms with E-state index in [0.717, 1.165) is 5.56 Å². The molecule has 3 amide bonds. The fraction of sp³-hybridized carbons (Fsp3) is 0.267. The number of aliphatic carboxylic acids is 1. The van der Waals surface area contributed by atoms with Crippen molar-refractivity contribution < 1.29 is 28.7 Å². The number of urea groups is 1. The van der Waals surface area contributed by atoms with Gasteiger partial charge in [-0.2, -0.15) is 0 Å². The van der Waals surface area contributed by atoms with Gasteiger partial charge in [-0.1, -0.05) is 65.7 Å². The van der Waals surface area contributed by atoms with Gasteiger partial charge in [-0.05, 0) is 41.3 Å². The predicted molar refractivity (Wildman–Crippen MR) is 153 cm³/mol. The summed E-state index contributed by atoms with van der Waals surface area (Å²) in [7, 11) is 1.58. The molecule has 0 aliphatic carbocycles. The van der Waals surface area contributed by atoms with E-state index in [0.29, 0.717) is 24.1 Å². The molecule has 8 nitrogen and oxygen atoms in total. The first-order chi connectivity index (χ1) is 19.5. The largest absolute Gasteiger partial charge is 0.481 e. The molecule has 0 fully saturated rings. The fourth-order valence-electron chi connectivity index (χ4n) is 4.72. The van der Waals surface area contributed by atoms with E-state index in [1.165, 1.54) is 23.1 Å². The summed E-state index contributed by atoms with van der Waals surface area (Å²) in [6.45, 7) is 0.519. The number of amides is 3. The standard InChI is InChI=1S/C30H28Cl2FN3O5/c1-35(16-18-6-3-2-4-7-18)30(41)34-15-20(29(39)40)13-25(37)26-24(31)14-23-22(27(26)32)10-11-36(28(23)38)17-19-8-5-9-21(33)12-19/h2-9,12,14,20H,10-11,13,15-17H2,1H3,(H,34,41)(H,39,40). The Morgan fingerprint density at radius 2 is 1.78 bits per heavy atom. The van der Waals surface area contributed by atoms with Crippen molar-refractivity contribution >= 4 is 46.9 Å². The molecule has 1 aliphatic heterocycles. The van der Waals surface area contributed by atoms with Crippen LogP contribution in [0.15, 0.2) is 60.7 Å². The second-order valence-corrected chi connectivity index (χ2v) is 10.7. The van der Waals surface area contributed by atoms with Gasteiger partial charge in [0.25, 0.3) is 5.91 Å². The molecule has 2 N–H and O–H groups in total. The SMILES string of the molecule is CN(Cc1ccccc1)C(=O)NCC(CC(=O)c1c(Cl)cc2c(c1Cl)CCN(Cc1cccc(F)c1)C2=O)C(=O)O. The Morgan fingerprint density at radius 3 is 2.46 bits per heavy atom. The first kappa shape index (κ1) is 30.0. The number of carbonyl (C=O) groups is 4. The number of rotatable bonds is 10. The Morgan fingerprint density at radius 1 is 1.07 bits per heavy atom. The highest BCUT2D eigenvalue weighted by molar-refractivity contribution is 6.41. The number of halogens is 3. The zero-order valence-electron chi connectivity index (χ0n) is 22.2. The predicted octanol–water partition coefficient (Wildman–Crippen LogP) is 5.45. The van der Waals surface area contributed by atoms with Crippen LogP contribution in [-0.4, -0.2) is 58.7 Å². The number of carboxylic acids is 1. The topological polar surface area (TPSA) is 107 Å². The van der Waals surface area contributed by atoms with Crippen molar-refractivity contribution in [3.05, 3.63) is 104 Å². The molecule has 41 heavy (non-hydrogen) atoms. The quantitative estimate of drug-likeness (QED) is 0.301. The lowest BCUT2D eigenvalue weighted by Crippen LogP contribution is -2.41. The number of nitrogens with zero attached hydrogens (tertiary/aromatic N) is 2. The highest BCUT2D eigenvalue weighted by Gasteiger charge is 2.32. The molecule has 1 atom stereocenters. The minimum atomic E-state index is -1.27. The second-order valence-electron chi connectivity index (χ2n) is 9.87.